The van der Waals surface area contributed by atoms with Crippen molar-refractivity contribution in [1.29, 1.82) is 0 Å². The van der Waals surface area contributed by atoms with Crippen molar-refractivity contribution in [2.24, 2.45) is 107 Å². The third kappa shape index (κ3) is 44.1. The summed E-state index contributed by atoms with van der Waals surface area (Å²) in [5.74, 6) is 1.64. The Hall–Kier alpha value is -7.77. The van der Waals surface area contributed by atoms with Crippen molar-refractivity contribution in [2.75, 3.05) is 108 Å². The van der Waals surface area contributed by atoms with Crippen molar-refractivity contribution < 1.29 is 110 Å². The molecule has 6 aliphatic rings. The summed E-state index contributed by atoms with van der Waals surface area (Å²) >= 11 is 1.68. The number of hydrogen-bond donors (Lipinski definition) is 1. The van der Waals surface area contributed by atoms with E-state index in [9.17, 15) is 86.3 Å². The first-order chi connectivity index (χ1) is 61.5. The summed E-state index contributed by atoms with van der Waals surface area (Å²) in [4.78, 5) is 220. The van der Waals surface area contributed by atoms with Gasteiger partial charge in [0.2, 0.25) is 65.0 Å². The van der Waals surface area contributed by atoms with E-state index >= 15 is 0 Å². The van der Waals surface area contributed by atoms with E-state index in [1.807, 2.05) is 152 Å². The van der Waals surface area contributed by atoms with Crippen molar-refractivity contribution in [1.82, 2.24) is 19.6 Å². The number of ketones is 7. The number of ether oxygens (including phenoxy) is 5. The lowest BCUT2D eigenvalue weighted by Crippen LogP contribution is -2.37. The first kappa shape index (κ1) is 119. The minimum Gasteiger partial charge on any atom is -0.381 e. The van der Waals surface area contributed by atoms with Gasteiger partial charge in [0, 0.05) is 181 Å². The molecule has 30 heteroatoms. The minimum atomic E-state index is -0.246. The van der Waals surface area contributed by atoms with Crippen LogP contribution in [-0.2, 0) is 110 Å². The number of rotatable bonds is 52. The molecular formula is C101H164N6O23S. The molecule has 0 aromatic heterocycles. The maximum absolute atomic E-state index is 12.3. The summed E-state index contributed by atoms with van der Waals surface area (Å²) in [7, 11) is 0. The van der Waals surface area contributed by atoms with E-state index in [1.54, 1.807) is 36.0 Å². The van der Waals surface area contributed by atoms with Gasteiger partial charge < -0.3 is 29.0 Å². The molecule has 131 heavy (non-hydrogen) atoms. The summed E-state index contributed by atoms with van der Waals surface area (Å²) < 4.78 is 26.9. The van der Waals surface area contributed by atoms with Crippen molar-refractivity contribution in [3.8, 4) is 0 Å². The molecule has 742 valence electrons. The maximum atomic E-state index is 12.3. The highest BCUT2D eigenvalue weighted by Crippen LogP contribution is 2.36. The molecule has 0 spiro atoms. The number of likely N-dealkylation sites (tertiary alicyclic amines) is 4. The average Bonchev–Trinajstić information content (AvgIpc) is 1.65. The summed E-state index contributed by atoms with van der Waals surface area (Å²) in [6, 6.07) is 6.79. The van der Waals surface area contributed by atoms with Crippen LogP contribution in [0.5, 0.6) is 0 Å². The fourth-order valence-corrected chi connectivity index (χ4v) is 15.7. The van der Waals surface area contributed by atoms with Crippen LogP contribution in [0.3, 0.4) is 0 Å². The molecule has 1 saturated carbocycles. The number of Topliss-reactive ketones (excluding diaryl/α,β-unsaturated/α-hetero) is 7. The van der Waals surface area contributed by atoms with Crippen molar-refractivity contribution in [3.05, 3.63) is 24.3 Å². The molecule has 7 rings (SSSR count). The molecule has 5 aliphatic heterocycles. The Balaban J connectivity index is 0.000000537. The van der Waals surface area contributed by atoms with E-state index in [4.69, 9.17) is 23.7 Å². The van der Waals surface area contributed by atoms with E-state index in [-0.39, 0.29) is 265 Å². The van der Waals surface area contributed by atoms with Crippen LogP contribution in [0, 0.1) is 107 Å². The lowest BCUT2D eigenvalue weighted by atomic mass is 9.77. The summed E-state index contributed by atoms with van der Waals surface area (Å²) in [5, 5.41) is 3.29. The summed E-state index contributed by atoms with van der Waals surface area (Å²) in [6.45, 7) is 51.8. The molecule has 1 aromatic carbocycles. The van der Waals surface area contributed by atoms with E-state index in [1.165, 1.54) is 24.5 Å². The molecule has 5 saturated heterocycles. The van der Waals surface area contributed by atoms with Crippen LogP contribution >= 0.6 is 11.8 Å². The van der Waals surface area contributed by atoms with Crippen LogP contribution in [0.2, 0.25) is 0 Å². The highest BCUT2D eigenvalue weighted by molar-refractivity contribution is 8.00. The second kappa shape index (κ2) is 62.7. The minimum absolute atomic E-state index is 0.0101. The zero-order chi connectivity index (χ0) is 99.2. The van der Waals surface area contributed by atoms with Crippen LogP contribution in [0.25, 0.3) is 0 Å². The molecule has 1 aliphatic carbocycles. The number of carbonyl (C=O) groups is 18. The first-order valence-corrected chi connectivity index (χ1v) is 49.3. The van der Waals surface area contributed by atoms with Gasteiger partial charge in [0.25, 0.3) is 0 Å². The number of nitrogens with one attached hydrogen (secondary N) is 1. The lowest BCUT2D eigenvalue weighted by Gasteiger charge is -2.30. The largest absolute Gasteiger partial charge is 0.381 e. The summed E-state index contributed by atoms with van der Waals surface area (Å²) in [6.07, 6.45) is 10.4. The molecule has 29 nitrogen and oxygen atoms in total. The molecule has 0 bridgehead atoms. The van der Waals surface area contributed by atoms with Gasteiger partial charge in [-0.1, -0.05) is 166 Å². The smallest absolute Gasteiger partial charge is 0.237 e. The van der Waals surface area contributed by atoms with Gasteiger partial charge in [0.05, 0.1) is 76.7 Å². The molecule has 0 radical (unpaired) electrons. The molecule has 5 unspecified atom stereocenters. The Morgan fingerprint density at radius 1 is 0.336 bits per heavy atom. The fraction of sp³-hybridized carbons (Fsp3) is 0.762. The van der Waals surface area contributed by atoms with E-state index in [0.29, 0.717) is 145 Å². The van der Waals surface area contributed by atoms with Crippen LogP contribution in [0.15, 0.2) is 24.3 Å². The zero-order valence-corrected chi connectivity index (χ0v) is 84.7. The number of carbonyl (C=O) groups excluding carboxylic acids is 18. The SMILES string of the molecule is CC(C)C(=O)C1CCC(CN2C(=O)CC(C(C)C)C2=O)CC1.CC(C)C(=O)CCCOCCC(=O)C(C)C.CC(C)C(=O)CCOCCCC(=O)CCN1C(=O)CC(C(C)C)C1=O.CC(C)C(=O)Nc1ccc(N2C(=O)CC(C(C)C)C2=O)cc1.CC(C)C1CC(=O)N(CCOCCOCCN2C(=O)CC(C(C)C)C2=O)C1=O.CC(C)SCC(=O)CCCOCCC(=O)C(C)C. The van der Waals surface area contributed by atoms with Gasteiger partial charge >= 0.3 is 0 Å². The van der Waals surface area contributed by atoms with Crippen molar-refractivity contribution >= 4 is 129 Å². The predicted molar refractivity (Wildman–Crippen MR) is 507 cm³/mol. The molecule has 1 aromatic rings. The second-order valence-corrected chi connectivity index (χ2v) is 40.7. The van der Waals surface area contributed by atoms with Crippen molar-refractivity contribution in [3.63, 3.8) is 0 Å². The molecule has 1 N–H and O–H groups in total. The maximum Gasteiger partial charge on any atom is 0.237 e. The standard InChI is InChI=1S/C20H32N2O6.C19H31NO5.C18H29NO3.C17H22N2O3.C14H26O3S.C13H24O3/c1-13(2)15-11-17(23)21(19(15)25)5-7-27-9-10-28-8-6-22-18(24)12-16(14(3)4)20(22)26;1-13(2)16-12-18(23)20(19(16)24)9-7-15(21)6-5-10-25-11-8-17(22)14(3)4;1-11(2)15-9-16(20)19(18(15)22)10-13-5-7-14(8-6-13)17(21)12(3)4;1-10(2)14-9-15(20)19(17(14)22)13-7-5-12(6-8-13)18-16(21)11(3)4;1-11(2)14(16)7-9-17-8-5-6-13(15)10-18-12(3)4;1-10(2)12(14)6-5-8-16-9-7-13(15)11(3)4/h13-16H,5-12H2,1-4H3;13-14,16H,5-12H2,1-4H3;11-15H,5-10H2,1-4H3;5-8,10-11,14H,9H2,1-4H3,(H,18,21);11-12H,5-10H2,1-4H3;10-11H,5-9H2,1-4H3. The van der Waals surface area contributed by atoms with Gasteiger partial charge in [-0.25, -0.2) is 0 Å². The number of amides is 11. The Morgan fingerprint density at radius 2 is 0.664 bits per heavy atom. The predicted octanol–water partition coefficient (Wildman–Crippen LogP) is 15.1. The fourth-order valence-electron chi connectivity index (χ4n) is 15.0. The zero-order valence-electron chi connectivity index (χ0n) is 83.9. The molecule has 11 amide bonds. The normalized spacial score (nSPS) is 19.4. The van der Waals surface area contributed by atoms with Gasteiger partial charge in [-0.3, -0.25) is 111 Å². The average molecular weight is 1860 g/mol. The Labute approximate surface area is 786 Å². The third-order valence-electron chi connectivity index (χ3n) is 24.2. The lowest BCUT2D eigenvalue weighted by molar-refractivity contribution is -0.142. The number of imide groups is 5. The Bertz CT molecular complexity index is 3760. The van der Waals surface area contributed by atoms with E-state index in [2.05, 4.69) is 19.2 Å². The number of hydrogen-bond acceptors (Lipinski definition) is 24. The van der Waals surface area contributed by atoms with Crippen molar-refractivity contribution in [2.45, 2.75) is 293 Å². The number of benzene rings is 1. The second-order valence-electron chi connectivity index (χ2n) is 39.1. The topological polar surface area (TPSA) is 382 Å². The van der Waals surface area contributed by atoms with Gasteiger partial charge in [-0.15, -0.1) is 0 Å². The first-order valence-electron chi connectivity index (χ1n) is 48.3. The Kier molecular flexibility index (Phi) is 57.1. The molecule has 6 fully saturated rings. The molecule has 5 heterocycles. The van der Waals surface area contributed by atoms with Crippen LogP contribution in [0.1, 0.15) is 288 Å². The van der Waals surface area contributed by atoms with Crippen LogP contribution < -0.4 is 10.2 Å². The number of anilines is 2. The van der Waals surface area contributed by atoms with Crippen LogP contribution in [0.4, 0.5) is 11.4 Å². The highest BCUT2D eigenvalue weighted by atomic mass is 32.2. The molecular weight excluding hydrogens is 1700 g/mol. The monoisotopic (exact) mass is 1860 g/mol. The third-order valence-corrected chi connectivity index (χ3v) is 25.4. The van der Waals surface area contributed by atoms with Crippen LogP contribution in [-0.4, -0.2) is 228 Å². The summed E-state index contributed by atoms with van der Waals surface area (Å²) in [5.41, 5.74) is 1.21. The van der Waals surface area contributed by atoms with Gasteiger partial charge in [0.1, 0.15) is 40.5 Å². The van der Waals surface area contributed by atoms with Gasteiger partial charge in [-0.2, -0.15) is 11.8 Å². The Morgan fingerprint density at radius 3 is 1.01 bits per heavy atom. The van der Waals surface area contributed by atoms with Gasteiger partial charge in [0.15, 0.2) is 0 Å². The quantitative estimate of drug-likeness (QED) is 0.0467. The van der Waals surface area contributed by atoms with E-state index in [0.717, 1.165) is 38.5 Å². The van der Waals surface area contributed by atoms with Gasteiger partial charge in [-0.05, 0) is 110 Å². The number of thioether (sulfide) groups is 1. The number of nitrogens with zero attached hydrogens (tertiary/aromatic N) is 5. The van der Waals surface area contributed by atoms with E-state index < -0.39 is 0 Å². The molecule has 5 atom stereocenters. The highest BCUT2D eigenvalue weighted by Gasteiger charge is 2.45.